The van der Waals surface area contributed by atoms with E-state index >= 15 is 0 Å². The van der Waals surface area contributed by atoms with Crippen molar-refractivity contribution in [2.24, 2.45) is 0 Å². The lowest BCUT2D eigenvalue weighted by Gasteiger charge is -2.30. The van der Waals surface area contributed by atoms with E-state index in [2.05, 4.69) is 20.8 Å². The molecule has 0 saturated carbocycles. The van der Waals surface area contributed by atoms with Gasteiger partial charge in [0, 0.05) is 5.69 Å². The van der Waals surface area contributed by atoms with Gasteiger partial charge in [-0.25, -0.2) is 9.48 Å². The summed E-state index contributed by atoms with van der Waals surface area (Å²) < 4.78 is 1.75. The third-order valence-corrected chi connectivity index (χ3v) is 4.40. The van der Waals surface area contributed by atoms with Crippen molar-refractivity contribution in [2.75, 3.05) is 11.9 Å². The Kier molecular flexibility index (Phi) is 4.71. The Balaban J connectivity index is 1.89. The first kappa shape index (κ1) is 17.3. The van der Waals surface area contributed by atoms with Crippen LogP contribution < -0.4 is 5.32 Å². The Bertz CT molecular complexity index is 724. The molecule has 25 heavy (non-hydrogen) atoms. The van der Waals surface area contributed by atoms with Crippen LogP contribution in [0.25, 0.3) is 0 Å². The van der Waals surface area contributed by atoms with Gasteiger partial charge in [-0.05, 0) is 56.2 Å². The molecule has 1 saturated heterocycles. The molecule has 8 nitrogen and oxygen atoms in total. The lowest BCUT2D eigenvalue weighted by molar-refractivity contribution is 0.141. The maximum Gasteiger partial charge on any atom is 0.322 e. The highest BCUT2D eigenvalue weighted by molar-refractivity contribution is 5.90. The number of hydrogen-bond donors (Lipinski definition) is 2. The van der Waals surface area contributed by atoms with Crippen molar-refractivity contribution in [3.63, 3.8) is 0 Å². The zero-order valence-corrected chi connectivity index (χ0v) is 14.8. The molecule has 1 aromatic heterocycles. The molecule has 0 aliphatic carbocycles. The number of benzene rings is 1. The van der Waals surface area contributed by atoms with Gasteiger partial charge in [-0.2, -0.15) is 0 Å². The van der Waals surface area contributed by atoms with Gasteiger partial charge in [0.1, 0.15) is 0 Å². The summed E-state index contributed by atoms with van der Waals surface area (Å²) in [7, 11) is 0. The van der Waals surface area contributed by atoms with Gasteiger partial charge in [0.15, 0.2) is 5.82 Å². The number of likely N-dealkylation sites (tertiary alicyclic amines) is 1. The van der Waals surface area contributed by atoms with Crippen LogP contribution in [0.3, 0.4) is 0 Å². The summed E-state index contributed by atoms with van der Waals surface area (Å²) >= 11 is 0. The molecule has 0 spiro atoms. The van der Waals surface area contributed by atoms with E-state index in [1.54, 1.807) is 9.58 Å². The molecule has 8 heteroatoms. The number of urea groups is 1. The van der Waals surface area contributed by atoms with Crippen LogP contribution in [-0.4, -0.2) is 48.9 Å². The second kappa shape index (κ2) is 6.79. The monoisotopic (exact) mass is 344 g/mol. The third kappa shape index (κ3) is 3.48. The molecular formula is C17H24N6O2. The molecule has 2 amide bonds. The minimum atomic E-state index is -0.294. The summed E-state index contributed by atoms with van der Waals surface area (Å²) in [6, 6.07) is 8.50. The lowest BCUT2D eigenvalue weighted by atomic mass is 10.1. The van der Waals surface area contributed by atoms with Gasteiger partial charge >= 0.3 is 6.03 Å². The zero-order valence-electron chi connectivity index (χ0n) is 14.8. The minimum absolute atomic E-state index is 0.0875. The summed E-state index contributed by atoms with van der Waals surface area (Å²) in [5.41, 5.74) is 0.419. The highest BCUT2D eigenvalue weighted by atomic mass is 16.3. The standard InChI is InChI=1S/C17H24N6O2/c1-17(2,3)23-15(19-20-21-23)14-10-9-13(11-24)22(14)16(25)18-12-7-5-4-6-8-12/h4-8,13-14,24H,9-11H2,1-3H3,(H,18,25)/t13-,14-/m0/s1. The van der Waals surface area contributed by atoms with Crippen LogP contribution in [0, 0.1) is 0 Å². The Morgan fingerprint density at radius 2 is 2.00 bits per heavy atom. The van der Waals surface area contributed by atoms with Crippen molar-refractivity contribution in [3.05, 3.63) is 36.2 Å². The molecule has 2 aromatic rings. The molecule has 2 N–H and O–H groups in total. The summed E-state index contributed by atoms with van der Waals surface area (Å²) in [6.07, 6.45) is 1.42. The van der Waals surface area contributed by atoms with Crippen molar-refractivity contribution in [2.45, 2.75) is 51.2 Å². The zero-order chi connectivity index (χ0) is 18.0. The summed E-state index contributed by atoms with van der Waals surface area (Å²) in [5, 5.41) is 24.7. The molecular weight excluding hydrogens is 320 g/mol. The van der Waals surface area contributed by atoms with E-state index in [1.165, 1.54) is 0 Å². The number of tetrazole rings is 1. The average Bonchev–Trinajstić information content (AvgIpc) is 3.21. The number of anilines is 1. The van der Waals surface area contributed by atoms with E-state index in [4.69, 9.17) is 0 Å². The van der Waals surface area contributed by atoms with Crippen molar-refractivity contribution >= 4 is 11.7 Å². The number of rotatable bonds is 3. The van der Waals surface area contributed by atoms with E-state index in [0.29, 0.717) is 24.4 Å². The maximum absolute atomic E-state index is 12.9. The highest BCUT2D eigenvalue weighted by Crippen LogP contribution is 2.36. The smallest absolute Gasteiger partial charge is 0.322 e. The lowest BCUT2D eigenvalue weighted by Crippen LogP contribution is -2.43. The number of para-hydroxylation sites is 1. The van der Waals surface area contributed by atoms with Gasteiger partial charge in [-0.1, -0.05) is 18.2 Å². The fourth-order valence-electron chi connectivity index (χ4n) is 3.21. The molecule has 2 heterocycles. The molecule has 2 atom stereocenters. The Morgan fingerprint density at radius 1 is 1.28 bits per heavy atom. The highest BCUT2D eigenvalue weighted by Gasteiger charge is 2.41. The topological polar surface area (TPSA) is 96.2 Å². The van der Waals surface area contributed by atoms with E-state index in [1.807, 2.05) is 51.1 Å². The van der Waals surface area contributed by atoms with Gasteiger partial charge < -0.3 is 15.3 Å². The fraction of sp³-hybridized carbons (Fsp3) is 0.529. The van der Waals surface area contributed by atoms with Crippen LogP contribution in [0.1, 0.15) is 45.5 Å². The van der Waals surface area contributed by atoms with Crippen LogP contribution >= 0.6 is 0 Å². The second-order valence-corrected chi connectivity index (χ2v) is 7.25. The number of aromatic nitrogens is 4. The minimum Gasteiger partial charge on any atom is -0.394 e. The summed E-state index contributed by atoms with van der Waals surface area (Å²) in [5.74, 6) is 0.645. The third-order valence-electron chi connectivity index (χ3n) is 4.40. The first-order chi connectivity index (χ1) is 11.9. The number of aliphatic hydroxyl groups is 1. The second-order valence-electron chi connectivity index (χ2n) is 7.25. The molecule has 1 aromatic carbocycles. The molecule has 0 bridgehead atoms. The quantitative estimate of drug-likeness (QED) is 0.889. The summed E-state index contributed by atoms with van der Waals surface area (Å²) in [6.45, 7) is 5.95. The molecule has 0 radical (unpaired) electrons. The first-order valence-corrected chi connectivity index (χ1v) is 8.46. The van der Waals surface area contributed by atoms with Crippen LogP contribution in [0.2, 0.25) is 0 Å². The number of nitrogens with zero attached hydrogens (tertiary/aromatic N) is 5. The van der Waals surface area contributed by atoms with Crippen molar-refractivity contribution in [1.82, 2.24) is 25.1 Å². The van der Waals surface area contributed by atoms with Gasteiger partial charge in [0.25, 0.3) is 0 Å². The number of nitrogens with one attached hydrogen (secondary N) is 1. The van der Waals surface area contributed by atoms with Crippen molar-refractivity contribution < 1.29 is 9.90 Å². The maximum atomic E-state index is 12.9. The van der Waals surface area contributed by atoms with Crippen molar-refractivity contribution in [3.8, 4) is 0 Å². The van der Waals surface area contributed by atoms with E-state index < -0.39 is 0 Å². The SMILES string of the molecule is CC(C)(C)n1nnnc1[C@@H]1CC[C@@H](CO)N1C(=O)Nc1ccccc1. The van der Waals surface area contributed by atoms with Gasteiger partial charge in [0.05, 0.1) is 24.2 Å². The molecule has 1 aliphatic rings. The predicted molar refractivity (Wildman–Crippen MR) is 93.0 cm³/mol. The van der Waals surface area contributed by atoms with E-state index in [9.17, 15) is 9.90 Å². The Labute approximate surface area is 146 Å². The molecule has 1 aliphatic heterocycles. The van der Waals surface area contributed by atoms with Crippen molar-refractivity contribution in [1.29, 1.82) is 0 Å². The molecule has 3 rings (SSSR count). The number of hydrogen-bond acceptors (Lipinski definition) is 5. The van der Waals surface area contributed by atoms with Crippen LogP contribution in [-0.2, 0) is 5.54 Å². The van der Waals surface area contributed by atoms with Crippen LogP contribution in [0.4, 0.5) is 10.5 Å². The van der Waals surface area contributed by atoms with Gasteiger partial charge in [-0.15, -0.1) is 5.10 Å². The van der Waals surface area contributed by atoms with Crippen LogP contribution in [0.15, 0.2) is 30.3 Å². The fourth-order valence-corrected chi connectivity index (χ4v) is 3.21. The largest absolute Gasteiger partial charge is 0.394 e. The first-order valence-electron chi connectivity index (χ1n) is 8.46. The number of amides is 2. The number of carbonyl (C=O) groups excluding carboxylic acids is 1. The van der Waals surface area contributed by atoms with E-state index in [-0.39, 0.29) is 30.3 Å². The normalized spacial score (nSPS) is 20.7. The summed E-state index contributed by atoms with van der Waals surface area (Å²) in [4.78, 5) is 14.5. The Morgan fingerprint density at radius 3 is 2.64 bits per heavy atom. The molecule has 0 unspecified atom stereocenters. The predicted octanol–water partition coefficient (Wildman–Crippen LogP) is 2.16. The van der Waals surface area contributed by atoms with E-state index in [0.717, 1.165) is 0 Å². The van der Waals surface area contributed by atoms with Gasteiger partial charge in [0.2, 0.25) is 0 Å². The number of aliphatic hydroxyl groups excluding tert-OH is 1. The molecule has 1 fully saturated rings. The molecule has 134 valence electrons. The van der Waals surface area contributed by atoms with Crippen LogP contribution in [0.5, 0.6) is 0 Å². The Hall–Kier alpha value is -2.48. The average molecular weight is 344 g/mol. The number of carbonyl (C=O) groups is 1. The van der Waals surface area contributed by atoms with Gasteiger partial charge in [-0.3, -0.25) is 0 Å².